The third-order valence-electron chi connectivity index (χ3n) is 7.30. The molecule has 2 heterocycles. The van der Waals surface area contributed by atoms with Crippen molar-refractivity contribution in [3.63, 3.8) is 0 Å². The van der Waals surface area contributed by atoms with Crippen LogP contribution in [0.1, 0.15) is 0 Å². The second-order valence-electron chi connectivity index (χ2n) is 9.29. The lowest BCUT2D eigenvalue weighted by Crippen LogP contribution is -1.83. The zero-order valence-electron chi connectivity index (χ0n) is 19.4. The van der Waals surface area contributed by atoms with E-state index in [1.54, 1.807) is 0 Å². The van der Waals surface area contributed by atoms with Crippen molar-refractivity contribution in [3.8, 4) is 20.9 Å². The van der Waals surface area contributed by atoms with Crippen LogP contribution in [0.4, 0.5) is 0 Å². The first-order valence-electron chi connectivity index (χ1n) is 12.2. The van der Waals surface area contributed by atoms with Crippen LogP contribution in [0.5, 0.6) is 0 Å². The number of hydrogen-bond acceptors (Lipinski definition) is 2. The van der Waals surface area contributed by atoms with Gasteiger partial charge in [0.1, 0.15) is 11.2 Å². The Kier molecular flexibility index (Phi) is 4.16. The number of fused-ring (bicyclic) bond motifs is 9. The topological polar surface area (TPSA) is 13.1 Å². The molecule has 1 nitrogen and oxygen atoms in total. The molecule has 0 aliphatic carbocycles. The van der Waals surface area contributed by atoms with Crippen molar-refractivity contribution in [3.05, 3.63) is 121 Å². The van der Waals surface area contributed by atoms with Crippen molar-refractivity contribution in [1.82, 2.24) is 0 Å². The van der Waals surface area contributed by atoms with Gasteiger partial charge < -0.3 is 4.42 Å². The van der Waals surface area contributed by atoms with Gasteiger partial charge in [0.2, 0.25) is 0 Å². The summed E-state index contributed by atoms with van der Waals surface area (Å²) in [6.07, 6.45) is 0. The highest BCUT2D eigenvalue weighted by molar-refractivity contribution is 7.19. The monoisotopic (exact) mass is 476 g/mol. The summed E-state index contributed by atoms with van der Waals surface area (Å²) in [6.45, 7) is 0. The van der Waals surface area contributed by atoms with Crippen molar-refractivity contribution in [1.29, 1.82) is 0 Å². The van der Waals surface area contributed by atoms with Crippen molar-refractivity contribution in [2.45, 2.75) is 0 Å². The Morgan fingerprint density at radius 1 is 0.417 bits per heavy atom. The molecule has 0 radical (unpaired) electrons. The highest BCUT2D eigenvalue weighted by Crippen LogP contribution is 2.43. The van der Waals surface area contributed by atoms with Crippen LogP contribution < -0.4 is 0 Å². The van der Waals surface area contributed by atoms with Crippen LogP contribution in [-0.4, -0.2) is 0 Å². The zero-order valence-corrected chi connectivity index (χ0v) is 20.2. The van der Waals surface area contributed by atoms with E-state index in [2.05, 4.69) is 109 Å². The summed E-state index contributed by atoms with van der Waals surface area (Å²) in [4.78, 5) is 2.53. The fourth-order valence-corrected chi connectivity index (χ4v) is 6.71. The molecule has 168 valence electrons. The van der Waals surface area contributed by atoms with E-state index in [1.165, 1.54) is 64.0 Å². The van der Waals surface area contributed by atoms with Crippen LogP contribution in [0.15, 0.2) is 126 Å². The van der Waals surface area contributed by atoms with E-state index in [9.17, 15) is 0 Å². The molecule has 36 heavy (non-hydrogen) atoms. The first-order valence-corrected chi connectivity index (χ1v) is 13.0. The van der Waals surface area contributed by atoms with Gasteiger partial charge in [0.25, 0.3) is 0 Å². The van der Waals surface area contributed by atoms with Crippen LogP contribution in [0.2, 0.25) is 0 Å². The molecular weight excluding hydrogens is 456 g/mol. The molecule has 8 aromatic rings. The van der Waals surface area contributed by atoms with E-state index >= 15 is 0 Å². The fourth-order valence-electron chi connectivity index (χ4n) is 5.68. The summed E-state index contributed by atoms with van der Waals surface area (Å²) in [7, 11) is 0. The first-order chi connectivity index (χ1) is 17.8. The summed E-state index contributed by atoms with van der Waals surface area (Å²) in [5.74, 6) is 0. The standard InChI is InChI=1S/C34H20OS/c1-2-10-24-22(8-1)23-9-3-4-11-25(23)29-20-21(16-17-26(24)29)32-18-19-33(36-32)28-13-7-15-31-34(28)27-12-5-6-14-30(27)35-31/h1-20H. The normalized spacial score (nSPS) is 11.9. The smallest absolute Gasteiger partial charge is 0.136 e. The van der Waals surface area contributed by atoms with E-state index in [1.807, 2.05) is 23.5 Å². The molecule has 0 amide bonds. The lowest BCUT2D eigenvalue weighted by atomic mass is 9.93. The maximum atomic E-state index is 6.13. The van der Waals surface area contributed by atoms with Gasteiger partial charge in [-0.2, -0.15) is 0 Å². The Bertz CT molecular complexity index is 2070. The number of furan rings is 1. The highest BCUT2D eigenvalue weighted by Gasteiger charge is 2.15. The van der Waals surface area contributed by atoms with Crippen LogP contribution >= 0.6 is 11.3 Å². The van der Waals surface area contributed by atoms with E-state index in [-0.39, 0.29) is 0 Å². The van der Waals surface area contributed by atoms with E-state index in [4.69, 9.17) is 4.42 Å². The Hall–Kier alpha value is -4.40. The Labute approximate surface area is 211 Å². The van der Waals surface area contributed by atoms with Crippen molar-refractivity contribution in [2.24, 2.45) is 0 Å². The molecule has 0 saturated carbocycles. The number of thiophene rings is 1. The van der Waals surface area contributed by atoms with Crippen LogP contribution in [0, 0.1) is 0 Å². The number of hydrogen-bond donors (Lipinski definition) is 0. The SMILES string of the molecule is c1ccc2c(c1)oc1cccc(-c3ccc(-c4ccc5c6ccccc6c6ccccc6c5c4)s3)c12. The van der Waals surface area contributed by atoms with Gasteiger partial charge in [-0.1, -0.05) is 91.0 Å². The second-order valence-corrected chi connectivity index (χ2v) is 10.4. The Morgan fingerprint density at radius 3 is 1.75 bits per heavy atom. The summed E-state index contributed by atoms with van der Waals surface area (Å²) in [5.41, 5.74) is 4.35. The molecule has 6 aromatic carbocycles. The van der Waals surface area contributed by atoms with Gasteiger partial charge in [0, 0.05) is 26.1 Å². The highest BCUT2D eigenvalue weighted by atomic mass is 32.1. The maximum absolute atomic E-state index is 6.13. The van der Waals surface area contributed by atoms with Gasteiger partial charge >= 0.3 is 0 Å². The minimum Gasteiger partial charge on any atom is -0.456 e. The third kappa shape index (κ3) is 2.82. The molecule has 0 spiro atoms. The second kappa shape index (κ2) is 7.55. The Morgan fingerprint density at radius 2 is 1.00 bits per heavy atom. The lowest BCUT2D eigenvalue weighted by molar-refractivity contribution is 0.669. The predicted molar refractivity (Wildman–Crippen MR) is 155 cm³/mol. The van der Waals surface area contributed by atoms with Gasteiger partial charge in [0.15, 0.2) is 0 Å². The summed E-state index contributed by atoms with van der Waals surface area (Å²) in [5, 5.41) is 10.2. The maximum Gasteiger partial charge on any atom is 0.136 e. The molecular formula is C34H20OS. The first kappa shape index (κ1) is 19.9. The molecule has 0 saturated heterocycles. The molecule has 8 rings (SSSR count). The molecule has 2 aromatic heterocycles. The van der Waals surface area contributed by atoms with E-state index < -0.39 is 0 Å². The molecule has 0 N–H and O–H groups in total. The molecule has 0 fully saturated rings. The number of benzene rings is 6. The predicted octanol–water partition coefficient (Wildman–Crippen LogP) is 10.4. The minimum atomic E-state index is 0.936. The summed E-state index contributed by atoms with van der Waals surface area (Å²) < 4.78 is 6.13. The largest absolute Gasteiger partial charge is 0.456 e. The molecule has 0 unspecified atom stereocenters. The van der Waals surface area contributed by atoms with Crippen LogP contribution in [-0.2, 0) is 0 Å². The molecule has 0 bridgehead atoms. The van der Waals surface area contributed by atoms with Gasteiger partial charge in [-0.25, -0.2) is 0 Å². The molecule has 0 aliphatic rings. The van der Waals surface area contributed by atoms with Gasteiger partial charge in [-0.3, -0.25) is 0 Å². The third-order valence-corrected chi connectivity index (χ3v) is 8.47. The molecule has 0 atom stereocenters. The quantitative estimate of drug-likeness (QED) is 0.226. The van der Waals surface area contributed by atoms with Gasteiger partial charge in [-0.05, 0) is 68.2 Å². The zero-order chi connectivity index (χ0) is 23.6. The lowest BCUT2D eigenvalue weighted by Gasteiger charge is -2.11. The van der Waals surface area contributed by atoms with Crippen molar-refractivity contribution in [2.75, 3.05) is 0 Å². The van der Waals surface area contributed by atoms with Crippen LogP contribution in [0.25, 0.3) is 75.1 Å². The summed E-state index contributed by atoms with van der Waals surface area (Å²) >= 11 is 1.84. The van der Waals surface area contributed by atoms with E-state index in [0.29, 0.717) is 0 Å². The molecule has 2 heteroatoms. The average molecular weight is 477 g/mol. The van der Waals surface area contributed by atoms with Crippen molar-refractivity contribution < 1.29 is 4.42 Å². The molecule has 0 aliphatic heterocycles. The van der Waals surface area contributed by atoms with Gasteiger partial charge in [0.05, 0.1) is 0 Å². The fraction of sp³-hybridized carbons (Fsp3) is 0. The van der Waals surface area contributed by atoms with E-state index in [0.717, 1.165) is 11.2 Å². The summed E-state index contributed by atoms with van der Waals surface area (Å²) in [6, 6.07) is 43.6. The Balaban J connectivity index is 1.33. The van der Waals surface area contributed by atoms with Crippen LogP contribution in [0.3, 0.4) is 0 Å². The number of para-hydroxylation sites is 1. The average Bonchev–Trinajstić information content (AvgIpc) is 3.58. The van der Waals surface area contributed by atoms with Gasteiger partial charge in [-0.15, -0.1) is 11.3 Å². The minimum absolute atomic E-state index is 0.936. The number of rotatable bonds is 2. The van der Waals surface area contributed by atoms with Crippen molar-refractivity contribution >= 4 is 65.6 Å².